The fourth-order valence-electron chi connectivity index (χ4n) is 1.51. The molecule has 2 aromatic rings. The van der Waals surface area contributed by atoms with E-state index in [9.17, 15) is 0 Å². The number of para-hydroxylation sites is 1. The van der Waals surface area contributed by atoms with Crippen LogP contribution in [0, 0.1) is 6.92 Å². The highest BCUT2D eigenvalue weighted by Crippen LogP contribution is 2.15. The summed E-state index contributed by atoms with van der Waals surface area (Å²) in [7, 11) is 1.77. The molecule has 1 heterocycles. The molecular weight excluding hydrogens is 242 g/mol. The van der Waals surface area contributed by atoms with Gasteiger partial charge in [-0.1, -0.05) is 18.2 Å². The summed E-state index contributed by atoms with van der Waals surface area (Å²) in [6.45, 7) is 2.82. The Morgan fingerprint density at radius 2 is 1.84 bits per heavy atom. The Balaban J connectivity index is 1.82. The van der Waals surface area contributed by atoms with Gasteiger partial charge < -0.3 is 14.8 Å². The van der Waals surface area contributed by atoms with Crippen molar-refractivity contribution < 1.29 is 9.47 Å². The second-order valence-corrected chi connectivity index (χ2v) is 3.94. The monoisotopic (exact) mass is 259 g/mol. The molecule has 0 aliphatic heterocycles. The number of anilines is 1. The van der Waals surface area contributed by atoms with Crippen LogP contribution in [-0.4, -0.2) is 30.2 Å². The zero-order valence-corrected chi connectivity index (χ0v) is 11.1. The second-order valence-electron chi connectivity index (χ2n) is 3.94. The molecule has 1 aromatic heterocycles. The molecule has 5 heteroatoms. The van der Waals surface area contributed by atoms with Gasteiger partial charge in [0.05, 0.1) is 0 Å². The maximum Gasteiger partial charge on any atom is 0.225 e. The summed E-state index contributed by atoms with van der Waals surface area (Å²) in [5, 5.41) is 2.88. The number of aromatic nitrogens is 2. The van der Waals surface area contributed by atoms with E-state index in [0.29, 0.717) is 25.0 Å². The first-order valence-electron chi connectivity index (χ1n) is 6.11. The van der Waals surface area contributed by atoms with Crippen LogP contribution in [0.3, 0.4) is 0 Å². The third-order valence-electron chi connectivity index (χ3n) is 2.48. The first-order valence-corrected chi connectivity index (χ1v) is 6.11. The Morgan fingerprint density at radius 1 is 1.11 bits per heavy atom. The normalized spacial score (nSPS) is 10.0. The minimum absolute atomic E-state index is 0.440. The van der Waals surface area contributed by atoms with Gasteiger partial charge in [-0.25, -0.2) is 4.98 Å². The number of benzene rings is 1. The van der Waals surface area contributed by atoms with Crippen molar-refractivity contribution in [3.05, 3.63) is 42.1 Å². The van der Waals surface area contributed by atoms with Gasteiger partial charge in [0, 0.05) is 18.8 Å². The third-order valence-corrected chi connectivity index (χ3v) is 2.48. The van der Waals surface area contributed by atoms with E-state index in [1.54, 1.807) is 13.2 Å². The smallest absolute Gasteiger partial charge is 0.225 e. The lowest BCUT2D eigenvalue weighted by molar-refractivity contribution is 0.211. The summed E-state index contributed by atoms with van der Waals surface area (Å²) in [6.07, 6.45) is 1.73. The molecule has 5 nitrogen and oxygen atoms in total. The lowest BCUT2D eigenvalue weighted by Crippen LogP contribution is -2.11. The van der Waals surface area contributed by atoms with Crippen LogP contribution in [0.4, 0.5) is 5.95 Å². The summed E-state index contributed by atoms with van der Waals surface area (Å²) in [5.41, 5.74) is 0.902. The average molecular weight is 259 g/mol. The molecule has 0 bridgehead atoms. The van der Waals surface area contributed by atoms with Crippen molar-refractivity contribution in [2.24, 2.45) is 0 Å². The highest BCUT2D eigenvalue weighted by atomic mass is 16.5. The molecule has 0 spiro atoms. The molecule has 19 heavy (non-hydrogen) atoms. The lowest BCUT2D eigenvalue weighted by atomic mass is 10.3. The largest absolute Gasteiger partial charge is 0.490 e. The lowest BCUT2D eigenvalue weighted by Gasteiger charge is -2.10. The molecule has 0 fully saturated rings. The second kappa shape index (κ2) is 6.58. The number of rotatable bonds is 6. The van der Waals surface area contributed by atoms with Crippen molar-refractivity contribution in [1.29, 1.82) is 0 Å². The van der Waals surface area contributed by atoms with Gasteiger partial charge in [0.2, 0.25) is 11.8 Å². The predicted octanol–water partition coefficient (Wildman–Crippen LogP) is 2.28. The number of nitrogens with zero attached hydrogens (tertiary/aromatic N) is 2. The molecule has 0 aliphatic carbocycles. The van der Waals surface area contributed by atoms with Crippen molar-refractivity contribution in [3.8, 4) is 11.6 Å². The molecule has 2 rings (SSSR count). The SMILES string of the molecule is CNc1ncc(C)c(OCCOc2ccccc2)n1. The topological polar surface area (TPSA) is 56.3 Å². The van der Waals surface area contributed by atoms with Crippen LogP contribution < -0.4 is 14.8 Å². The van der Waals surface area contributed by atoms with E-state index < -0.39 is 0 Å². The van der Waals surface area contributed by atoms with Crippen LogP contribution in [0.2, 0.25) is 0 Å². The van der Waals surface area contributed by atoms with Crippen LogP contribution >= 0.6 is 0 Å². The van der Waals surface area contributed by atoms with Crippen LogP contribution in [0.1, 0.15) is 5.56 Å². The van der Waals surface area contributed by atoms with E-state index in [1.165, 1.54) is 0 Å². The highest BCUT2D eigenvalue weighted by Gasteiger charge is 2.04. The van der Waals surface area contributed by atoms with E-state index >= 15 is 0 Å². The number of ether oxygens (including phenoxy) is 2. The first-order chi connectivity index (χ1) is 9.29. The summed E-state index contributed by atoms with van der Waals surface area (Å²) in [6, 6.07) is 9.64. The maximum atomic E-state index is 5.58. The molecule has 1 N–H and O–H groups in total. The predicted molar refractivity (Wildman–Crippen MR) is 73.7 cm³/mol. The fourth-order valence-corrected chi connectivity index (χ4v) is 1.51. The standard InChI is InChI=1S/C14H17N3O2/c1-11-10-16-14(15-2)17-13(11)19-9-8-18-12-6-4-3-5-7-12/h3-7,10H,8-9H2,1-2H3,(H,15,16,17). The van der Waals surface area contributed by atoms with Crippen molar-refractivity contribution in [2.75, 3.05) is 25.6 Å². The van der Waals surface area contributed by atoms with Crippen LogP contribution in [-0.2, 0) is 0 Å². The van der Waals surface area contributed by atoms with Gasteiger partial charge in [-0.3, -0.25) is 0 Å². The Bertz CT molecular complexity index is 517. The first kappa shape index (κ1) is 13.1. The summed E-state index contributed by atoms with van der Waals surface area (Å²) in [4.78, 5) is 8.34. The van der Waals surface area contributed by atoms with Gasteiger partial charge in [-0.2, -0.15) is 4.98 Å². The highest BCUT2D eigenvalue weighted by molar-refractivity contribution is 5.31. The number of hydrogen-bond donors (Lipinski definition) is 1. The number of hydrogen-bond acceptors (Lipinski definition) is 5. The van der Waals surface area contributed by atoms with Gasteiger partial charge in [0.1, 0.15) is 19.0 Å². The number of aryl methyl sites for hydroxylation is 1. The molecule has 0 amide bonds. The minimum Gasteiger partial charge on any atom is -0.490 e. The van der Waals surface area contributed by atoms with Crippen molar-refractivity contribution in [1.82, 2.24) is 9.97 Å². The maximum absolute atomic E-state index is 5.58. The van der Waals surface area contributed by atoms with E-state index in [2.05, 4.69) is 15.3 Å². The Labute approximate surface area is 112 Å². The average Bonchev–Trinajstić information content (AvgIpc) is 2.46. The van der Waals surface area contributed by atoms with E-state index in [4.69, 9.17) is 9.47 Å². The van der Waals surface area contributed by atoms with Crippen LogP contribution in [0.15, 0.2) is 36.5 Å². The zero-order chi connectivity index (χ0) is 13.5. The minimum atomic E-state index is 0.440. The molecule has 0 atom stereocenters. The molecule has 0 radical (unpaired) electrons. The molecule has 0 aliphatic rings. The van der Waals surface area contributed by atoms with Gasteiger partial charge in [0.25, 0.3) is 0 Å². The Morgan fingerprint density at radius 3 is 2.58 bits per heavy atom. The molecular formula is C14H17N3O2. The van der Waals surface area contributed by atoms with Gasteiger partial charge in [-0.05, 0) is 19.1 Å². The zero-order valence-electron chi connectivity index (χ0n) is 11.1. The molecule has 1 aromatic carbocycles. The summed E-state index contributed by atoms with van der Waals surface area (Å²) < 4.78 is 11.1. The summed E-state index contributed by atoms with van der Waals surface area (Å²) >= 11 is 0. The molecule has 0 saturated heterocycles. The van der Waals surface area contributed by atoms with Crippen molar-refractivity contribution in [3.63, 3.8) is 0 Å². The summed E-state index contributed by atoms with van der Waals surface area (Å²) in [5.74, 6) is 1.96. The Hall–Kier alpha value is -2.30. The van der Waals surface area contributed by atoms with Crippen LogP contribution in [0.5, 0.6) is 11.6 Å². The molecule has 0 unspecified atom stereocenters. The van der Waals surface area contributed by atoms with E-state index in [0.717, 1.165) is 11.3 Å². The van der Waals surface area contributed by atoms with Gasteiger partial charge >= 0.3 is 0 Å². The van der Waals surface area contributed by atoms with Crippen molar-refractivity contribution >= 4 is 5.95 Å². The van der Waals surface area contributed by atoms with Gasteiger partial charge in [-0.15, -0.1) is 0 Å². The van der Waals surface area contributed by atoms with Gasteiger partial charge in [0.15, 0.2) is 0 Å². The number of nitrogens with one attached hydrogen (secondary N) is 1. The molecule has 0 saturated carbocycles. The van der Waals surface area contributed by atoms with Crippen molar-refractivity contribution in [2.45, 2.75) is 6.92 Å². The molecule has 100 valence electrons. The van der Waals surface area contributed by atoms with E-state index in [1.807, 2.05) is 37.3 Å². The van der Waals surface area contributed by atoms with E-state index in [-0.39, 0.29) is 0 Å². The third kappa shape index (κ3) is 3.84. The quantitative estimate of drug-likeness (QED) is 0.807. The van der Waals surface area contributed by atoms with Crippen LogP contribution in [0.25, 0.3) is 0 Å². The fraction of sp³-hybridized carbons (Fsp3) is 0.286. The Kier molecular flexibility index (Phi) is 4.55.